The molecule has 0 saturated heterocycles. The molecule has 4 rings (SSSR count). The lowest BCUT2D eigenvalue weighted by Gasteiger charge is -2.21. The Morgan fingerprint density at radius 3 is 1.02 bits per heavy atom. The number of hydrogen-bond donors (Lipinski definition) is 2. The summed E-state index contributed by atoms with van der Waals surface area (Å²) in [6.07, 6.45) is 31.8. The highest BCUT2D eigenvalue weighted by atomic mass is 14.5. The van der Waals surface area contributed by atoms with Gasteiger partial charge in [-0.05, 0) is 121 Å². The van der Waals surface area contributed by atoms with Crippen molar-refractivity contribution >= 4 is 11.4 Å². The van der Waals surface area contributed by atoms with E-state index in [1.54, 1.807) is 0 Å². The molecular weight excluding hydrogens is 677 g/mol. The minimum Gasteiger partial charge on any atom is -0.399 e. The molecule has 56 heavy (non-hydrogen) atoms. The molecule has 0 heterocycles. The number of nitrogen functional groups attached to an aromatic ring is 2. The topological polar surface area (TPSA) is 52.0 Å². The summed E-state index contributed by atoms with van der Waals surface area (Å²) in [4.78, 5) is 0. The standard InChI is InChI=1S/C54H80N2/c1-5-7-9-23-27-53(51-39-37-49(55)41-43(51)3)47-33-29-45(30-34-47)25-21-19-17-15-13-11-12-14-16-18-20-22-26-46-31-35-48(36-32-46)54(28-24-10-8-6-2)52-40-38-50(56)42-44(52)4/h29-42,53-54H,5-28,55-56H2,1-4H3. The van der Waals surface area contributed by atoms with E-state index in [1.807, 2.05) is 0 Å². The van der Waals surface area contributed by atoms with Crippen molar-refractivity contribution in [3.8, 4) is 0 Å². The molecule has 2 unspecified atom stereocenters. The maximum Gasteiger partial charge on any atom is 0.0316 e. The van der Waals surface area contributed by atoms with Gasteiger partial charge in [0.25, 0.3) is 0 Å². The Hall–Kier alpha value is -3.52. The Labute approximate surface area is 344 Å². The summed E-state index contributed by atoms with van der Waals surface area (Å²) in [6.45, 7) is 9.03. The molecule has 0 spiro atoms. The Bertz CT molecular complexity index is 1490. The van der Waals surface area contributed by atoms with E-state index in [-0.39, 0.29) is 0 Å². The summed E-state index contributed by atoms with van der Waals surface area (Å²) < 4.78 is 0. The lowest BCUT2D eigenvalue weighted by molar-refractivity contribution is 0.540. The third kappa shape index (κ3) is 16.1. The summed E-state index contributed by atoms with van der Waals surface area (Å²) in [5.41, 5.74) is 25.4. The average Bonchev–Trinajstić information content (AvgIpc) is 3.19. The van der Waals surface area contributed by atoms with Crippen LogP contribution in [0.25, 0.3) is 0 Å². The summed E-state index contributed by atoms with van der Waals surface area (Å²) >= 11 is 0. The van der Waals surface area contributed by atoms with E-state index in [1.165, 1.54) is 199 Å². The van der Waals surface area contributed by atoms with Gasteiger partial charge >= 0.3 is 0 Å². The van der Waals surface area contributed by atoms with Gasteiger partial charge in [0.2, 0.25) is 0 Å². The summed E-state index contributed by atoms with van der Waals surface area (Å²) in [6, 6.07) is 32.2. The maximum absolute atomic E-state index is 6.10. The van der Waals surface area contributed by atoms with Crippen LogP contribution in [0.4, 0.5) is 11.4 Å². The SMILES string of the molecule is CCCCCCC(c1ccc(CCCCCCCCCCCCCCc2ccc(C(CCCCCC)c3ccc(N)cc3C)cc2)cc1)c1ccc(N)cc1C. The van der Waals surface area contributed by atoms with Crippen LogP contribution in [0.5, 0.6) is 0 Å². The average molecular weight is 757 g/mol. The van der Waals surface area contributed by atoms with Crippen molar-refractivity contribution in [3.05, 3.63) is 129 Å². The highest BCUT2D eigenvalue weighted by molar-refractivity contribution is 5.49. The van der Waals surface area contributed by atoms with E-state index in [0.717, 1.165) is 11.4 Å². The molecule has 0 radical (unpaired) electrons. The minimum absolute atomic E-state index is 0.464. The highest BCUT2D eigenvalue weighted by Crippen LogP contribution is 2.35. The number of anilines is 2. The van der Waals surface area contributed by atoms with Crippen LogP contribution in [-0.4, -0.2) is 0 Å². The number of rotatable bonds is 29. The van der Waals surface area contributed by atoms with Crippen molar-refractivity contribution in [3.63, 3.8) is 0 Å². The van der Waals surface area contributed by atoms with Gasteiger partial charge in [-0.15, -0.1) is 0 Å². The van der Waals surface area contributed by atoms with Crippen LogP contribution in [0.2, 0.25) is 0 Å². The van der Waals surface area contributed by atoms with Gasteiger partial charge in [0.15, 0.2) is 0 Å². The molecule has 4 aromatic rings. The van der Waals surface area contributed by atoms with Crippen LogP contribution in [0.1, 0.15) is 211 Å². The number of benzene rings is 4. The van der Waals surface area contributed by atoms with E-state index in [9.17, 15) is 0 Å². The van der Waals surface area contributed by atoms with Crippen molar-refractivity contribution in [2.24, 2.45) is 0 Å². The zero-order valence-electron chi connectivity index (χ0n) is 36.4. The number of nitrogens with two attached hydrogens (primary N) is 2. The molecule has 0 aliphatic heterocycles. The summed E-state index contributed by atoms with van der Waals surface area (Å²) in [7, 11) is 0. The van der Waals surface area contributed by atoms with Crippen molar-refractivity contribution < 1.29 is 0 Å². The van der Waals surface area contributed by atoms with Gasteiger partial charge in [0, 0.05) is 23.2 Å². The molecule has 2 atom stereocenters. The van der Waals surface area contributed by atoms with Crippen molar-refractivity contribution in [2.75, 3.05) is 11.5 Å². The molecule has 4 aromatic carbocycles. The molecular formula is C54H80N2. The largest absolute Gasteiger partial charge is 0.399 e. The van der Waals surface area contributed by atoms with Gasteiger partial charge in [0.1, 0.15) is 0 Å². The maximum atomic E-state index is 6.10. The lowest BCUT2D eigenvalue weighted by atomic mass is 9.84. The zero-order chi connectivity index (χ0) is 39.8. The van der Waals surface area contributed by atoms with Crippen molar-refractivity contribution in [1.82, 2.24) is 0 Å². The van der Waals surface area contributed by atoms with Crippen LogP contribution in [0, 0.1) is 13.8 Å². The van der Waals surface area contributed by atoms with Crippen LogP contribution in [0.15, 0.2) is 84.9 Å². The first-order valence-electron chi connectivity index (χ1n) is 23.3. The van der Waals surface area contributed by atoms with Gasteiger partial charge in [-0.2, -0.15) is 0 Å². The second-order valence-electron chi connectivity index (χ2n) is 17.3. The third-order valence-electron chi connectivity index (χ3n) is 12.5. The molecule has 0 bridgehead atoms. The molecule has 0 aromatic heterocycles. The molecule has 306 valence electrons. The second-order valence-corrected chi connectivity index (χ2v) is 17.3. The van der Waals surface area contributed by atoms with Crippen LogP contribution < -0.4 is 11.5 Å². The van der Waals surface area contributed by atoms with E-state index in [0.29, 0.717) is 11.8 Å². The first-order chi connectivity index (χ1) is 27.4. The first kappa shape index (κ1) is 45.2. The molecule has 2 nitrogen and oxygen atoms in total. The van der Waals surface area contributed by atoms with Gasteiger partial charge in [-0.1, -0.05) is 190 Å². The van der Waals surface area contributed by atoms with Crippen molar-refractivity contribution in [1.29, 1.82) is 0 Å². The van der Waals surface area contributed by atoms with Gasteiger partial charge in [0.05, 0.1) is 0 Å². The minimum atomic E-state index is 0.464. The van der Waals surface area contributed by atoms with Crippen LogP contribution >= 0.6 is 0 Å². The normalized spacial score (nSPS) is 12.6. The molecule has 0 aliphatic rings. The van der Waals surface area contributed by atoms with E-state index < -0.39 is 0 Å². The fourth-order valence-corrected chi connectivity index (χ4v) is 8.99. The fraction of sp³-hybridized carbons (Fsp3) is 0.556. The molecule has 2 heteroatoms. The smallest absolute Gasteiger partial charge is 0.0316 e. The molecule has 0 fully saturated rings. The summed E-state index contributed by atoms with van der Waals surface area (Å²) in [5, 5.41) is 0. The predicted octanol–water partition coefficient (Wildman–Crippen LogP) is 16.1. The van der Waals surface area contributed by atoms with Gasteiger partial charge in [-0.3, -0.25) is 0 Å². The lowest BCUT2D eigenvalue weighted by Crippen LogP contribution is -2.05. The zero-order valence-corrected chi connectivity index (χ0v) is 36.4. The van der Waals surface area contributed by atoms with Crippen LogP contribution in [-0.2, 0) is 12.8 Å². The van der Waals surface area contributed by atoms with E-state index in [2.05, 4.69) is 113 Å². The Kier molecular flexibility index (Phi) is 21.3. The number of unbranched alkanes of at least 4 members (excludes halogenated alkanes) is 17. The Morgan fingerprint density at radius 2 is 0.696 bits per heavy atom. The second kappa shape index (κ2) is 26.4. The molecule has 4 N–H and O–H groups in total. The third-order valence-corrected chi connectivity index (χ3v) is 12.5. The quantitative estimate of drug-likeness (QED) is 0.0428. The first-order valence-corrected chi connectivity index (χ1v) is 23.3. The molecule has 0 saturated carbocycles. The molecule has 0 amide bonds. The molecule has 0 aliphatic carbocycles. The Morgan fingerprint density at radius 1 is 0.375 bits per heavy atom. The highest BCUT2D eigenvalue weighted by Gasteiger charge is 2.18. The summed E-state index contributed by atoms with van der Waals surface area (Å²) in [5.74, 6) is 0.927. The number of hydrogen-bond acceptors (Lipinski definition) is 2. The van der Waals surface area contributed by atoms with E-state index in [4.69, 9.17) is 11.5 Å². The number of aryl methyl sites for hydroxylation is 4. The monoisotopic (exact) mass is 757 g/mol. The van der Waals surface area contributed by atoms with Gasteiger partial charge < -0.3 is 11.5 Å². The van der Waals surface area contributed by atoms with Gasteiger partial charge in [-0.25, -0.2) is 0 Å². The van der Waals surface area contributed by atoms with E-state index >= 15 is 0 Å². The predicted molar refractivity (Wildman–Crippen MR) is 248 cm³/mol. The van der Waals surface area contributed by atoms with Crippen molar-refractivity contribution in [2.45, 2.75) is 194 Å². The van der Waals surface area contributed by atoms with Crippen LogP contribution in [0.3, 0.4) is 0 Å². The Balaban J connectivity index is 1.04. The fourth-order valence-electron chi connectivity index (χ4n) is 8.99.